The molecule has 1 aromatic carbocycles. The number of hydrogen-bond acceptors (Lipinski definition) is 2. The van der Waals surface area contributed by atoms with Gasteiger partial charge in [0.05, 0.1) is 22.8 Å². The molecule has 0 unspecified atom stereocenters. The summed E-state index contributed by atoms with van der Waals surface area (Å²) in [5.74, 6) is -0.151. The van der Waals surface area contributed by atoms with E-state index in [9.17, 15) is 4.39 Å². The van der Waals surface area contributed by atoms with E-state index >= 15 is 0 Å². The quantitative estimate of drug-likeness (QED) is 0.536. The van der Waals surface area contributed by atoms with Gasteiger partial charge in [0.15, 0.2) is 5.82 Å². The van der Waals surface area contributed by atoms with E-state index in [2.05, 4.69) is 10.1 Å². The Morgan fingerprint density at radius 2 is 2.28 bits per heavy atom. The van der Waals surface area contributed by atoms with Crippen LogP contribution in [-0.4, -0.2) is 21.5 Å². The van der Waals surface area contributed by atoms with Gasteiger partial charge in [0.25, 0.3) is 0 Å². The Balaban J connectivity index is 2.36. The van der Waals surface area contributed by atoms with Gasteiger partial charge in [-0.3, -0.25) is 0 Å². The molecule has 18 heavy (non-hydrogen) atoms. The van der Waals surface area contributed by atoms with Crippen molar-refractivity contribution >= 4 is 34.7 Å². The predicted octanol–water partition coefficient (Wildman–Crippen LogP) is 2.89. The summed E-state index contributed by atoms with van der Waals surface area (Å²) in [4.78, 5) is 3.95. The van der Waals surface area contributed by atoms with Crippen LogP contribution in [-0.2, 0) is 0 Å². The average molecular weight is 287 g/mol. The Kier molecular flexibility index (Phi) is 3.84. The van der Waals surface area contributed by atoms with E-state index in [1.165, 1.54) is 23.1 Å². The minimum Gasteiger partial charge on any atom is -0.386 e. The number of nitrogens with zero attached hydrogens (tertiary/aromatic N) is 3. The van der Waals surface area contributed by atoms with Crippen molar-refractivity contribution in [3.63, 3.8) is 0 Å². The Morgan fingerprint density at radius 3 is 2.83 bits per heavy atom. The maximum atomic E-state index is 13.9. The van der Waals surface area contributed by atoms with Crippen molar-refractivity contribution in [2.24, 2.45) is 10.7 Å². The molecule has 0 radical (unpaired) electrons. The third-order valence-corrected chi connectivity index (χ3v) is 2.61. The Bertz CT molecular complexity index is 594. The second-order valence-corrected chi connectivity index (χ2v) is 4.18. The van der Waals surface area contributed by atoms with Crippen LogP contribution in [0.4, 0.5) is 10.1 Å². The highest BCUT2D eigenvalue weighted by molar-refractivity contribution is 6.30. The average Bonchev–Trinajstić information content (AvgIpc) is 2.75. The molecule has 1 aromatic heterocycles. The van der Waals surface area contributed by atoms with Gasteiger partial charge < -0.3 is 5.73 Å². The highest BCUT2D eigenvalue weighted by atomic mass is 35.5. The smallest absolute Gasteiger partial charge is 0.151 e. The number of halogens is 3. The van der Waals surface area contributed by atoms with Gasteiger partial charge >= 0.3 is 0 Å². The van der Waals surface area contributed by atoms with E-state index in [0.29, 0.717) is 10.7 Å². The van der Waals surface area contributed by atoms with Gasteiger partial charge in [0.2, 0.25) is 0 Å². The van der Waals surface area contributed by atoms with Crippen LogP contribution in [0, 0.1) is 5.82 Å². The SMILES string of the molecule is NC(CCl)=Nc1ccc(-n2cc(Cl)cn2)c(F)c1. The number of aliphatic imine (C=N–C) groups is 1. The molecule has 0 fully saturated rings. The van der Waals surface area contributed by atoms with Gasteiger partial charge in [-0.1, -0.05) is 11.6 Å². The van der Waals surface area contributed by atoms with E-state index in [0.717, 1.165) is 0 Å². The lowest BCUT2D eigenvalue weighted by Gasteiger charge is -2.04. The van der Waals surface area contributed by atoms with Crippen molar-refractivity contribution in [2.75, 3.05) is 5.88 Å². The van der Waals surface area contributed by atoms with Crippen LogP contribution in [0.2, 0.25) is 5.02 Å². The lowest BCUT2D eigenvalue weighted by atomic mass is 10.2. The largest absolute Gasteiger partial charge is 0.386 e. The molecule has 0 amide bonds. The fourth-order valence-corrected chi connectivity index (χ4v) is 1.58. The molecule has 0 atom stereocenters. The molecule has 0 spiro atoms. The van der Waals surface area contributed by atoms with Gasteiger partial charge in [-0.15, -0.1) is 11.6 Å². The Morgan fingerprint density at radius 1 is 1.50 bits per heavy atom. The lowest BCUT2D eigenvalue weighted by Crippen LogP contribution is -2.12. The molecule has 0 aliphatic rings. The zero-order valence-corrected chi connectivity index (χ0v) is 10.7. The molecule has 2 aromatic rings. The minimum atomic E-state index is -0.474. The zero-order chi connectivity index (χ0) is 13.1. The number of rotatable bonds is 3. The van der Waals surface area contributed by atoms with Crippen LogP contribution in [0.1, 0.15) is 0 Å². The molecular formula is C11H9Cl2FN4. The molecule has 0 saturated heterocycles. The van der Waals surface area contributed by atoms with Crippen LogP contribution in [0.3, 0.4) is 0 Å². The number of alkyl halides is 1. The summed E-state index contributed by atoms with van der Waals surface area (Å²) < 4.78 is 15.2. The van der Waals surface area contributed by atoms with Crippen LogP contribution in [0.15, 0.2) is 35.6 Å². The highest BCUT2D eigenvalue weighted by Gasteiger charge is 2.07. The second kappa shape index (κ2) is 5.37. The first-order valence-electron chi connectivity index (χ1n) is 4.99. The summed E-state index contributed by atoms with van der Waals surface area (Å²) in [5, 5.41) is 4.35. The van der Waals surface area contributed by atoms with Crippen LogP contribution in [0.5, 0.6) is 0 Å². The predicted molar refractivity (Wildman–Crippen MR) is 70.5 cm³/mol. The molecule has 0 aliphatic carbocycles. The van der Waals surface area contributed by atoms with Crippen molar-refractivity contribution in [3.05, 3.63) is 41.4 Å². The molecule has 0 bridgehead atoms. The van der Waals surface area contributed by atoms with Crippen molar-refractivity contribution in [2.45, 2.75) is 0 Å². The fourth-order valence-electron chi connectivity index (χ4n) is 1.38. The van der Waals surface area contributed by atoms with Crippen molar-refractivity contribution in [3.8, 4) is 5.69 Å². The molecule has 0 saturated carbocycles. The summed E-state index contributed by atoms with van der Waals surface area (Å²) in [6.07, 6.45) is 2.94. The highest BCUT2D eigenvalue weighted by Crippen LogP contribution is 2.21. The van der Waals surface area contributed by atoms with E-state index in [-0.39, 0.29) is 17.4 Å². The molecule has 2 rings (SSSR count). The minimum absolute atomic E-state index is 0.0954. The first-order chi connectivity index (χ1) is 8.60. The van der Waals surface area contributed by atoms with Crippen molar-refractivity contribution in [1.29, 1.82) is 0 Å². The number of nitrogens with two attached hydrogens (primary N) is 1. The van der Waals surface area contributed by atoms with E-state index in [4.69, 9.17) is 28.9 Å². The monoisotopic (exact) mass is 286 g/mol. The van der Waals surface area contributed by atoms with Gasteiger partial charge in [0, 0.05) is 12.3 Å². The van der Waals surface area contributed by atoms with Crippen LogP contribution >= 0.6 is 23.2 Å². The summed E-state index contributed by atoms with van der Waals surface area (Å²) in [6, 6.07) is 4.41. The molecule has 7 heteroatoms. The zero-order valence-electron chi connectivity index (χ0n) is 9.15. The topological polar surface area (TPSA) is 56.2 Å². The van der Waals surface area contributed by atoms with Crippen molar-refractivity contribution < 1.29 is 4.39 Å². The standard InChI is InChI=1S/C11H9Cl2FN4/c12-4-11(15)17-8-1-2-10(9(14)3-8)18-6-7(13)5-16-18/h1-3,5-6H,4H2,(H2,15,17). The van der Waals surface area contributed by atoms with Crippen LogP contribution < -0.4 is 5.73 Å². The Labute approximate surface area is 113 Å². The van der Waals surface area contributed by atoms with Crippen LogP contribution in [0.25, 0.3) is 5.69 Å². The summed E-state index contributed by atoms with van der Waals surface area (Å²) >= 11 is 11.2. The molecule has 94 valence electrons. The number of aromatic nitrogens is 2. The van der Waals surface area contributed by atoms with Gasteiger partial charge in [-0.25, -0.2) is 14.1 Å². The summed E-state index contributed by atoms with van der Waals surface area (Å²) in [5.41, 5.74) is 6.15. The summed E-state index contributed by atoms with van der Waals surface area (Å²) in [6.45, 7) is 0. The third kappa shape index (κ3) is 2.80. The Hall–Kier alpha value is -1.59. The van der Waals surface area contributed by atoms with Gasteiger partial charge in [-0.2, -0.15) is 5.10 Å². The van der Waals surface area contributed by atoms with Gasteiger partial charge in [0.1, 0.15) is 11.5 Å². The number of hydrogen-bond donors (Lipinski definition) is 1. The molecule has 4 nitrogen and oxygen atoms in total. The molecule has 1 heterocycles. The number of amidine groups is 1. The van der Waals surface area contributed by atoms with E-state index in [1.54, 1.807) is 12.1 Å². The molecule has 2 N–H and O–H groups in total. The number of benzene rings is 1. The van der Waals surface area contributed by atoms with E-state index in [1.807, 2.05) is 0 Å². The van der Waals surface area contributed by atoms with Gasteiger partial charge in [-0.05, 0) is 12.1 Å². The maximum absolute atomic E-state index is 13.9. The fraction of sp³-hybridized carbons (Fsp3) is 0.0909. The molecular weight excluding hydrogens is 278 g/mol. The third-order valence-electron chi connectivity index (χ3n) is 2.14. The normalized spacial score (nSPS) is 11.8. The van der Waals surface area contributed by atoms with Crippen molar-refractivity contribution in [1.82, 2.24) is 9.78 Å². The summed E-state index contributed by atoms with van der Waals surface area (Å²) in [7, 11) is 0. The molecule has 0 aliphatic heterocycles. The lowest BCUT2D eigenvalue weighted by molar-refractivity contribution is 0.611. The van der Waals surface area contributed by atoms with E-state index < -0.39 is 5.82 Å². The first kappa shape index (κ1) is 12.9. The second-order valence-electron chi connectivity index (χ2n) is 3.48. The maximum Gasteiger partial charge on any atom is 0.151 e. The first-order valence-corrected chi connectivity index (χ1v) is 5.90.